The highest BCUT2D eigenvalue weighted by molar-refractivity contribution is 5.92. The Labute approximate surface area is 213 Å². The molecule has 1 aliphatic rings. The van der Waals surface area contributed by atoms with E-state index in [2.05, 4.69) is 17.0 Å². The Bertz CT molecular complexity index is 1250. The molecule has 0 saturated carbocycles. The van der Waals surface area contributed by atoms with Crippen LogP contribution in [0.15, 0.2) is 84.9 Å². The molecule has 0 spiro atoms. The fraction of sp³-hybridized carbons (Fsp3) is 0.290. The van der Waals surface area contributed by atoms with Crippen molar-refractivity contribution in [3.8, 4) is 28.7 Å². The Morgan fingerprint density at radius 3 is 2.25 bits per heavy atom. The summed E-state index contributed by atoms with van der Waals surface area (Å²) in [4.78, 5) is 2.48. The summed E-state index contributed by atoms with van der Waals surface area (Å²) < 4.78 is 24.0. The van der Waals surface area contributed by atoms with Crippen molar-refractivity contribution in [1.29, 1.82) is 0 Å². The lowest BCUT2D eigenvalue weighted by molar-refractivity contribution is 0.183. The number of piperidine rings is 1. The molecule has 1 saturated heterocycles. The van der Waals surface area contributed by atoms with E-state index in [0.29, 0.717) is 24.7 Å². The Balaban J connectivity index is 1.31. The summed E-state index contributed by atoms with van der Waals surface area (Å²) >= 11 is 0. The third-order valence-electron chi connectivity index (χ3n) is 6.55. The van der Waals surface area contributed by atoms with Crippen molar-refractivity contribution in [2.45, 2.75) is 25.9 Å². The van der Waals surface area contributed by atoms with Crippen LogP contribution < -0.4 is 18.9 Å². The minimum atomic E-state index is 0.461. The van der Waals surface area contributed by atoms with E-state index in [1.54, 1.807) is 7.11 Å². The molecule has 1 fully saturated rings. The van der Waals surface area contributed by atoms with Crippen LogP contribution in [-0.2, 0) is 6.61 Å². The van der Waals surface area contributed by atoms with Crippen LogP contribution in [0.3, 0.4) is 0 Å². The van der Waals surface area contributed by atoms with Crippen LogP contribution in [0, 0.1) is 0 Å². The molecular weight excluding hydrogens is 450 g/mol. The average Bonchev–Trinajstić information content (AvgIpc) is 2.94. The second kappa shape index (κ2) is 11.8. The van der Waals surface area contributed by atoms with Crippen molar-refractivity contribution in [2.75, 3.05) is 33.4 Å². The van der Waals surface area contributed by atoms with E-state index in [9.17, 15) is 0 Å². The van der Waals surface area contributed by atoms with Crippen LogP contribution in [0.5, 0.6) is 28.7 Å². The molecule has 0 bridgehead atoms. The van der Waals surface area contributed by atoms with Gasteiger partial charge in [-0.05, 0) is 85.4 Å². The number of likely N-dealkylation sites (tertiary alicyclic amines) is 1. The maximum Gasteiger partial charge on any atom is 0.177 e. The van der Waals surface area contributed by atoms with Crippen LogP contribution in [0.4, 0.5) is 0 Å². The second-order valence-electron chi connectivity index (χ2n) is 9.08. The van der Waals surface area contributed by atoms with Gasteiger partial charge in [-0.2, -0.15) is 0 Å². The first-order chi connectivity index (χ1) is 17.8. The molecule has 0 N–H and O–H groups in total. The number of nitrogens with zero attached hydrogens (tertiary/aromatic N) is 1. The summed E-state index contributed by atoms with van der Waals surface area (Å²) in [5.41, 5.74) is 1.10. The summed E-state index contributed by atoms with van der Waals surface area (Å²) in [5, 5.41) is 1.98. The summed E-state index contributed by atoms with van der Waals surface area (Å²) in [6.45, 7) is 4.49. The third-order valence-corrected chi connectivity index (χ3v) is 6.55. The first-order valence-electron chi connectivity index (χ1n) is 12.7. The van der Waals surface area contributed by atoms with Gasteiger partial charge in [0, 0.05) is 11.9 Å². The molecule has 4 aromatic rings. The van der Waals surface area contributed by atoms with E-state index in [1.807, 2.05) is 72.8 Å². The largest absolute Gasteiger partial charge is 0.497 e. The molecule has 0 radical (unpaired) electrons. The molecule has 0 unspecified atom stereocenters. The van der Waals surface area contributed by atoms with Crippen molar-refractivity contribution in [3.05, 3.63) is 90.5 Å². The summed E-state index contributed by atoms with van der Waals surface area (Å²) in [5.74, 6) is 3.76. The van der Waals surface area contributed by atoms with Gasteiger partial charge in [0.25, 0.3) is 0 Å². The van der Waals surface area contributed by atoms with Gasteiger partial charge in [-0.15, -0.1) is 0 Å². The smallest absolute Gasteiger partial charge is 0.177 e. The number of fused-ring (bicyclic) bond motifs is 1. The van der Waals surface area contributed by atoms with E-state index >= 15 is 0 Å². The molecule has 0 aliphatic carbocycles. The molecule has 36 heavy (non-hydrogen) atoms. The molecule has 0 amide bonds. The Morgan fingerprint density at radius 2 is 1.47 bits per heavy atom. The first-order valence-corrected chi connectivity index (χ1v) is 12.7. The number of ether oxygens (including phenoxy) is 4. The van der Waals surface area contributed by atoms with Crippen LogP contribution >= 0.6 is 0 Å². The monoisotopic (exact) mass is 483 g/mol. The maximum absolute atomic E-state index is 6.41. The summed E-state index contributed by atoms with van der Waals surface area (Å²) in [6, 6.07) is 27.9. The van der Waals surface area contributed by atoms with Gasteiger partial charge < -0.3 is 18.9 Å². The van der Waals surface area contributed by atoms with Crippen LogP contribution in [0.25, 0.3) is 10.8 Å². The molecule has 5 nitrogen and oxygen atoms in total. The van der Waals surface area contributed by atoms with Gasteiger partial charge in [0.2, 0.25) is 0 Å². The van der Waals surface area contributed by atoms with Crippen molar-refractivity contribution in [2.24, 2.45) is 0 Å². The topological polar surface area (TPSA) is 40.2 Å². The van der Waals surface area contributed by atoms with Gasteiger partial charge >= 0.3 is 0 Å². The average molecular weight is 484 g/mol. The third kappa shape index (κ3) is 6.10. The second-order valence-corrected chi connectivity index (χ2v) is 9.08. The molecule has 0 atom stereocenters. The lowest BCUT2D eigenvalue weighted by Crippen LogP contribution is -2.33. The van der Waals surface area contributed by atoms with Crippen LogP contribution in [0.1, 0.15) is 24.8 Å². The molecule has 5 heteroatoms. The van der Waals surface area contributed by atoms with Gasteiger partial charge in [0.1, 0.15) is 30.5 Å². The highest BCUT2D eigenvalue weighted by Crippen LogP contribution is 2.40. The van der Waals surface area contributed by atoms with E-state index in [-0.39, 0.29) is 0 Å². The van der Waals surface area contributed by atoms with E-state index in [0.717, 1.165) is 40.1 Å². The summed E-state index contributed by atoms with van der Waals surface area (Å²) in [7, 11) is 1.67. The predicted octanol–water partition coefficient (Wildman–Crippen LogP) is 7.08. The Morgan fingerprint density at radius 1 is 0.722 bits per heavy atom. The zero-order chi connectivity index (χ0) is 24.6. The lowest BCUT2D eigenvalue weighted by atomic mass is 10.1. The number of benzene rings is 4. The number of rotatable bonds is 10. The van der Waals surface area contributed by atoms with Crippen LogP contribution in [0.2, 0.25) is 0 Å². The Hall–Kier alpha value is -3.70. The van der Waals surface area contributed by atoms with Gasteiger partial charge in [0.15, 0.2) is 11.5 Å². The minimum Gasteiger partial charge on any atom is -0.497 e. The highest BCUT2D eigenvalue weighted by Gasteiger charge is 2.14. The zero-order valence-corrected chi connectivity index (χ0v) is 20.8. The van der Waals surface area contributed by atoms with Crippen molar-refractivity contribution in [1.82, 2.24) is 4.90 Å². The normalized spacial score (nSPS) is 13.9. The molecular formula is C31H33NO4. The highest BCUT2D eigenvalue weighted by atomic mass is 16.5. The lowest BCUT2D eigenvalue weighted by Gasteiger charge is -2.26. The van der Waals surface area contributed by atoms with Gasteiger partial charge in [-0.3, -0.25) is 4.90 Å². The predicted molar refractivity (Wildman–Crippen MR) is 144 cm³/mol. The van der Waals surface area contributed by atoms with Crippen molar-refractivity contribution in [3.63, 3.8) is 0 Å². The van der Waals surface area contributed by atoms with E-state index < -0.39 is 0 Å². The zero-order valence-electron chi connectivity index (χ0n) is 20.8. The molecule has 1 heterocycles. The quantitative estimate of drug-likeness (QED) is 0.241. The standard InChI is InChI=1S/C31H33NO4/c1-33-28-15-16-29-25(22-28)10-17-30(35-23-24-8-4-2-5-9-24)31(29)36-27-13-11-26(12-14-27)34-21-20-32-18-6-3-7-19-32/h2,4-5,8-17,22H,3,6-7,18-21,23H2,1H3. The number of hydrogen-bond acceptors (Lipinski definition) is 5. The van der Waals surface area contributed by atoms with Crippen molar-refractivity contribution >= 4 is 10.8 Å². The van der Waals surface area contributed by atoms with Gasteiger partial charge in [-0.25, -0.2) is 0 Å². The van der Waals surface area contributed by atoms with E-state index in [1.165, 1.54) is 32.4 Å². The SMILES string of the molecule is COc1ccc2c(Oc3ccc(OCCN4CCCCC4)cc3)c(OCc3ccccc3)ccc2c1. The molecule has 1 aliphatic heterocycles. The number of methoxy groups -OCH3 is 1. The van der Waals surface area contributed by atoms with E-state index in [4.69, 9.17) is 18.9 Å². The number of hydrogen-bond donors (Lipinski definition) is 0. The fourth-order valence-electron chi connectivity index (χ4n) is 4.54. The fourth-order valence-corrected chi connectivity index (χ4v) is 4.54. The van der Waals surface area contributed by atoms with Gasteiger partial charge in [0.05, 0.1) is 7.11 Å². The maximum atomic E-state index is 6.41. The molecule has 5 rings (SSSR count). The first kappa shape index (κ1) is 24.0. The minimum absolute atomic E-state index is 0.461. The molecule has 4 aromatic carbocycles. The Kier molecular flexibility index (Phi) is 7.89. The summed E-state index contributed by atoms with van der Waals surface area (Å²) in [6.07, 6.45) is 3.94. The molecule has 0 aromatic heterocycles. The molecule has 186 valence electrons. The van der Waals surface area contributed by atoms with Crippen molar-refractivity contribution < 1.29 is 18.9 Å². The van der Waals surface area contributed by atoms with Gasteiger partial charge in [-0.1, -0.05) is 42.8 Å². The van der Waals surface area contributed by atoms with Crippen LogP contribution in [-0.4, -0.2) is 38.3 Å².